The SMILES string of the molecule is CN(CC1CC2CCC1C2)c1c(F)cc(C#N)cc1F. The van der Waals surface area contributed by atoms with Crippen molar-refractivity contribution in [2.75, 3.05) is 18.5 Å². The summed E-state index contributed by atoms with van der Waals surface area (Å²) in [7, 11) is 1.74. The first-order chi connectivity index (χ1) is 9.58. The number of benzene rings is 1. The van der Waals surface area contributed by atoms with Gasteiger partial charge in [-0.25, -0.2) is 8.78 Å². The highest BCUT2D eigenvalue weighted by molar-refractivity contribution is 5.52. The maximum Gasteiger partial charge on any atom is 0.150 e. The van der Waals surface area contributed by atoms with Crippen molar-refractivity contribution in [3.05, 3.63) is 29.3 Å². The van der Waals surface area contributed by atoms with Crippen molar-refractivity contribution >= 4 is 5.69 Å². The van der Waals surface area contributed by atoms with Gasteiger partial charge in [0.1, 0.15) is 5.69 Å². The number of nitriles is 1. The van der Waals surface area contributed by atoms with Crippen LogP contribution in [-0.2, 0) is 0 Å². The van der Waals surface area contributed by atoms with Crippen LogP contribution in [0.2, 0.25) is 0 Å². The molecule has 0 saturated heterocycles. The molecule has 0 amide bonds. The zero-order valence-electron chi connectivity index (χ0n) is 11.6. The molecule has 0 radical (unpaired) electrons. The lowest BCUT2D eigenvalue weighted by Gasteiger charge is -2.29. The Hall–Kier alpha value is -1.63. The van der Waals surface area contributed by atoms with Crippen molar-refractivity contribution < 1.29 is 8.78 Å². The first kappa shape index (κ1) is 13.4. The van der Waals surface area contributed by atoms with Crippen LogP contribution in [-0.4, -0.2) is 13.6 Å². The fourth-order valence-corrected chi connectivity index (χ4v) is 4.04. The number of hydrogen-bond acceptors (Lipinski definition) is 2. The van der Waals surface area contributed by atoms with Gasteiger partial charge in [0.2, 0.25) is 0 Å². The molecule has 1 aromatic rings. The van der Waals surface area contributed by atoms with Gasteiger partial charge in [-0.05, 0) is 49.1 Å². The number of anilines is 1. The van der Waals surface area contributed by atoms with Gasteiger partial charge in [-0.3, -0.25) is 0 Å². The summed E-state index contributed by atoms with van der Waals surface area (Å²) in [5.74, 6) is 0.814. The molecule has 2 nitrogen and oxygen atoms in total. The van der Waals surface area contributed by atoms with E-state index in [0.717, 1.165) is 24.0 Å². The molecule has 0 aromatic heterocycles. The quantitative estimate of drug-likeness (QED) is 0.841. The van der Waals surface area contributed by atoms with Crippen LogP contribution in [0.15, 0.2) is 12.1 Å². The molecule has 3 unspecified atom stereocenters. The Morgan fingerprint density at radius 3 is 2.45 bits per heavy atom. The maximum absolute atomic E-state index is 14.0. The Balaban J connectivity index is 1.77. The molecular formula is C16H18F2N2. The highest BCUT2D eigenvalue weighted by Crippen LogP contribution is 2.48. The second kappa shape index (κ2) is 5.05. The molecule has 0 spiro atoms. The molecule has 2 saturated carbocycles. The van der Waals surface area contributed by atoms with Gasteiger partial charge in [-0.1, -0.05) is 6.42 Å². The van der Waals surface area contributed by atoms with E-state index in [9.17, 15) is 8.78 Å². The maximum atomic E-state index is 14.0. The molecular weight excluding hydrogens is 258 g/mol. The summed E-state index contributed by atoms with van der Waals surface area (Å²) in [6.45, 7) is 0.695. The number of halogens is 2. The molecule has 1 aromatic carbocycles. The van der Waals surface area contributed by atoms with Gasteiger partial charge in [-0.15, -0.1) is 0 Å². The predicted molar refractivity (Wildman–Crippen MR) is 73.3 cm³/mol. The van der Waals surface area contributed by atoms with Crippen LogP contribution in [0.4, 0.5) is 14.5 Å². The lowest BCUT2D eigenvalue weighted by Crippen LogP contribution is -2.29. The van der Waals surface area contributed by atoms with Crippen LogP contribution >= 0.6 is 0 Å². The average molecular weight is 276 g/mol. The van der Waals surface area contributed by atoms with E-state index in [-0.39, 0.29) is 11.3 Å². The van der Waals surface area contributed by atoms with Crippen LogP contribution in [0.5, 0.6) is 0 Å². The van der Waals surface area contributed by atoms with Crippen molar-refractivity contribution in [2.24, 2.45) is 17.8 Å². The van der Waals surface area contributed by atoms with Gasteiger partial charge in [0.15, 0.2) is 11.6 Å². The fraction of sp³-hybridized carbons (Fsp3) is 0.562. The first-order valence-corrected chi connectivity index (χ1v) is 7.18. The molecule has 0 heterocycles. The van der Waals surface area contributed by atoms with E-state index in [1.165, 1.54) is 25.7 Å². The highest BCUT2D eigenvalue weighted by Gasteiger charge is 2.40. The minimum atomic E-state index is -0.646. The van der Waals surface area contributed by atoms with Crippen molar-refractivity contribution in [3.8, 4) is 6.07 Å². The van der Waals surface area contributed by atoms with Gasteiger partial charge in [0, 0.05) is 13.6 Å². The van der Waals surface area contributed by atoms with Crippen LogP contribution < -0.4 is 4.90 Å². The number of nitrogens with zero attached hydrogens (tertiary/aromatic N) is 2. The largest absolute Gasteiger partial charge is 0.370 e. The summed E-state index contributed by atoms with van der Waals surface area (Å²) < 4.78 is 28.0. The van der Waals surface area contributed by atoms with Crippen molar-refractivity contribution in [2.45, 2.75) is 25.7 Å². The Morgan fingerprint density at radius 2 is 1.95 bits per heavy atom. The third-order valence-corrected chi connectivity index (χ3v) is 4.92. The third kappa shape index (κ3) is 2.26. The van der Waals surface area contributed by atoms with E-state index in [0.29, 0.717) is 12.5 Å². The lowest BCUT2D eigenvalue weighted by molar-refractivity contribution is 0.336. The molecule has 3 atom stereocenters. The predicted octanol–water partition coefficient (Wildman–Crippen LogP) is 3.71. The van der Waals surface area contributed by atoms with E-state index in [4.69, 9.17) is 5.26 Å². The molecule has 2 aliphatic rings. The Bertz CT molecular complexity index is 541. The van der Waals surface area contributed by atoms with Crippen LogP contribution in [0.1, 0.15) is 31.2 Å². The second-order valence-electron chi connectivity index (χ2n) is 6.22. The summed E-state index contributed by atoms with van der Waals surface area (Å²) in [6, 6.07) is 3.99. The van der Waals surface area contributed by atoms with E-state index < -0.39 is 11.6 Å². The summed E-state index contributed by atoms with van der Waals surface area (Å²) >= 11 is 0. The topological polar surface area (TPSA) is 27.0 Å². The van der Waals surface area contributed by atoms with Crippen LogP contribution in [0, 0.1) is 40.7 Å². The van der Waals surface area contributed by atoms with Gasteiger partial charge >= 0.3 is 0 Å². The molecule has 106 valence electrons. The molecule has 20 heavy (non-hydrogen) atoms. The van der Waals surface area contributed by atoms with Gasteiger partial charge in [0.25, 0.3) is 0 Å². The molecule has 2 aliphatic carbocycles. The molecule has 3 rings (SSSR count). The minimum Gasteiger partial charge on any atom is -0.370 e. The number of hydrogen-bond donors (Lipinski definition) is 0. The second-order valence-corrected chi connectivity index (χ2v) is 6.22. The molecule has 2 fully saturated rings. The smallest absolute Gasteiger partial charge is 0.150 e. The molecule has 4 heteroatoms. The monoisotopic (exact) mass is 276 g/mol. The summed E-state index contributed by atoms with van der Waals surface area (Å²) in [4.78, 5) is 1.68. The van der Waals surface area contributed by atoms with Crippen molar-refractivity contribution in [3.63, 3.8) is 0 Å². The standard InChI is InChI=1S/C16H18F2N2/c1-20(9-13-5-10-2-3-12(13)4-10)16-14(17)6-11(8-19)7-15(16)18/h6-7,10,12-13H,2-5,9H2,1H3. The van der Waals surface area contributed by atoms with E-state index >= 15 is 0 Å². The molecule has 0 N–H and O–H groups in total. The Kier molecular flexibility index (Phi) is 3.37. The fourth-order valence-electron chi connectivity index (χ4n) is 4.04. The summed E-state index contributed by atoms with van der Waals surface area (Å²) in [6.07, 6.45) is 5.07. The first-order valence-electron chi connectivity index (χ1n) is 7.18. The van der Waals surface area contributed by atoms with Crippen molar-refractivity contribution in [1.82, 2.24) is 0 Å². The lowest BCUT2D eigenvalue weighted by atomic mass is 9.88. The van der Waals surface area contributed by atoms with Gasteiger partial charge in [0.05, 0.1) is 11.6 Å². The van der Waals surface area contributed by atoms with E-state index in [1.54, 1.807) is 18.0 Å². The molecule has 2 bridgehead atoms. The Morgan fingerprint density at radius 1 is 1.25 bits per heavy atom. The highest BCUT2D eigenvalue weighted by atomic mass is 19.1. The van der Waals surface area contributed by atoms with Crippen LogP contribution in [0.25, 0.3) is 0 Å². The van der Waals surface area contributed by atoms with Gasteiger partial charge in [-0.2, -0.15) is 5.26 Å². The minimum absolute atomic E-state index is 0.00762. The Labute approximate surface area is 118 Å². The average Bonchev–Trinajstić information content (AvgIpc) is 2.99. The van der Waals surface area contributed by atoms with E-state index in [2.05, 4.69) is 0 Å². The van der Waals surface area contributed by atoms with Crippen molar-refractivity contribution in [1.29, 1.82) is 5.26 Å². The molecule has 0 aliphatic heterocycles. The van der Waals surface area contributed by atoms with Crippen LogP contribution in [0.3, 0.4) is 0 Å². The van der Waals surface area contributed by atoms with E-state index in [1.807, 2.05) is 0 Å². The zero-order valence-corrected chi connectivity index (χ0v) is 11.6. The normalized spacial score (nSPS) is 27.6. The number of fused-ring (bicyclic) bond motifs is 2. The van der Waals surface area contributed by atoms with Gasteiger partial charge < -0.3 is 4.90 Å². The summed E-state index contributed by atoms with van der Waals surface area (Å²) in [5.41, 5.74) is 0.0175. The third-order valence-electron chi connectivity index (χ3n) is 4.92. The zero-order chi connectivity index (χ0) is 14.3. The number of rotatable bonds is 3. The summed E-state index contributed by atoms with van der Waals surface area (Å²) in [5, 5.41) is 8.72.